The average Bonchev–Trinajstić information content (AvgIpc) is 3.69. The third kappa shape index (κ3) is 11.0. The molecule has 0 aliphatic carbocycles. The molecular formula is C39H49ClN6O4. The van der Waals surface area contributed by atoms with Gasteiger partial charge in [0.1, 0.15) is 23.9 Å². The number of unbranched alkanes of at least 4 members (excludes halogenated alkanes) is 9. The molecule has 0 saturated heterocycles. The molecule has 0 saturated carbocycles. The van der Waals surface area contributed by atoms with Crippen LogP contribution in [0.15, 0.2) is 77.8 Å². The number of H-pyrrole nitrogens is 1. The Morgan fingerprint density at radius 1 is 0.880 bits per heavy atom. The van der Waals surface area contributed by atoms with E-state index in [9.17, 15) is 0 Å². The van der Waals surface area contributed by atoms with Crippen LogP contribution in [0.2, 0.25) is 5.02 Å². The lowest BCUT2D eigenvalue weighted by atomic mass is 10.1. The van der Waals surface area contributed by atoms with Crippen LogP contribution in [0.5, 0.6) is 23.1 Å². The first kappa shape index (κ1) is 36.7. The van der Waals surface area contributed by atoms with Gasteiger partial charge >= 0.3 is 0 Å². The summed E-state index contributed by atoms with van der Waals surface area (Å²) in [4.78, 5) is 4.49. The number of aromatic nitrogens is 4. The molecule has 2 N–H and O–H groups in total. The molecule has 0 aliphatic heterocycles. The molecule has 266 valence electrons. The van der Waals surface area contributed by atoms with E-state index in [0.717, 1.165) is 24.0 Å². The summed E-state index contributed by atoms with van der Waals surface area (Å²) in [7, 11) is 0. The quantitative estimate of drug-likeness (QED) is 0.0320. The number of nitrogens with zero attached hydrogens (tertiary/aromatic N) is 4. The molecule has 10 nitrogen and oxygen atoms in total. The Hall–Kier alpha value is -4.54. The summed E-state index contributed by atoms with van der Waals surface area (Å²) in [6, 6.07) is 23.0. The maximum absolute atomic E-state index is 6.27. The van der Waals surface area contributed by atoms with Crippen LogP contribution in [0.25, 0.3) is 17.0 Å². The SMILES string of the molecule is CCCCCCCCCCCCOc1ccc(Cl)cc1N=COC(C)NCOc1[nH]n2c(-c3ccccc3)nnc2c1Oc1ccc(C)cc1. The van der Waals surface area contributed by atoms with Gasteiger partial charge in [0.05, 0.1) is 6.61 Å². The second-order valence-corrected chi connectivity index (χ2v) is 12.8. The van der Waals surface area contributed by atoms with Crippen molar-refractivity contribution >= 4 is 29.3 Å². The molecule has 0 radical (unpaired) electrons. The van der Waals surface area contributed by atoms with Crippen LogP contribution in [0.3, 0.4) is 0 Å². The fourth-order valence-electron chi connectivity index (χ4n) is 5.42. The summed E-state index contributed by atoms with van der Waals surface area (Å²) >= 11 is 6.27. The molecule has 2 aromatic heterocycles. The fraction of sp³-hybridized carbons (Fsp3) is 0.410. The molecule has 5 rings (SSSR count). The molecule has 0 amide bonds. The summed E-state index contributed by atoms with van der Waals surface area (Å²) < 4.78 is 26.0. The van der Waals surface area contributed by atoms with Crippen LogP contribution in [0, 0.1) is 6.92 Å². The first-order chi connectivity index (χ1) is 24.5. The second kappa shape index (κ2) is 19.6. The topological polar surface area (TPSA) is 107 Å². The molecule has 11 heteroatoms. The Morgan fingerprint density at radius 3 is 2.34 bits per heavy atom. The molecule has 0 spiro atoms. The van der Waals surface area contributed by atoms with E-state index in [0.29, 0.717) is 51.9 Å². The third-order valence-corrected chi connectivity index (χ3v) is 8.51. The zero-order valence-electron chi connectivity index (χ0n) is 29.4. The molecule has 50 heavy (non-hydrogen) atoms. The first-order valence-corrected chi connectivity index (χ1v) is 18.1. The predicted octanol–water partition coefficient (Wildman–Crippen LogP) is 10.4. The largest absolute Gasteiger partial charge is 0.491 e. The molecule has 0 fully saturated rings. The van der Waals surface area contributed by atoms with Gasteiger partial charge in [0.2, 0.25) is 11.4 Å². The number of aliphatic imine (C=N–C) groups is 1. The number of fused-ring (bicyclic) bond motifs is 1. The van der Waals surface area contributed by atoms with Gasteiger partial charge in [-0.25, -0.2) is 14.8 Å². The minimum Gasteiger partial charge on any atom is -0.491 e. The fourth-order valence-corrected chi connectivity index (χ4v) is 5.59. The van der Waals surface area contributed by atoms with Crippen LogP contribution in [0.1, 0.15) is 83.6 Å². The van der Waals surface area contributed by atoms with Crippen molar-refractivity contribution in [3.05, 3.63) is 83.4 Å². The van der Waals surface area contributed by atoms with Gasteiger partial charge in [0.25, 0.3) is 5.88 Å². The van der Waals surface area contributed by atoms with E-state index in [4.69, 9.17) is 30.5 Å². The highest BCUT2D eigenvalue weighted by atomic mass is 35.5. The summed E-state index contributed by atoms with van der Waals surface area (Å²) in [5.74, 6) is 2.78. The Bertz CT molecular complexity index is 1760. The average molecular weight is 701 g/mol. The number of rotatable bonds is 22. The van der Waals surface area contributed by atoms with Gasteiger partial charge in [0, 0.05) is 10.6 Å². The van der Waals surface area contributed by atoms with Gasteiger partial charge < -0.3 is 18.9 Å². The van der Waals surface area contributed by atoms with Crippen LogP contribution in [0.4, 0.5) is 5.69 Å². The molecular weight excluding hydrogens is 652 g/mol. The summed E-state index contributed by atoms with van der Waals surface area (Å²) in [6.45, 7) is 6.90. The molecule has 5 aromatic rings. The highest BCUT2D eigenvalue weighted by Gasteiger charge is 2.22. The number of hydrogen-bond donors (Lipinski definition) is 2. The van der Waals surface area contributed by atoms with Crippen LogP contribution >= 0.6 is 11.6 Å². The highest BCUT2D eigenvalue weighted by molar-refractivity contribution is 6.30. The number of aryl methyl sites for hydroxylation is 1. The van der Waals surface area contributed by atoms with Crippen molar-refractivity contribution in [3.63, 3.8) is 0 Å². The highest BCUT2D eigenvalue weighted by Crippen LogP contribution is 2.36. The smallest absolute Gasteiger partial charge is 0.256 e. The van der Waals surface area contributed by atoms with Gasteiger partial charge in [-0.05, 0) is 50.6 Å². The van der Waals surface area contributed by atoms with Crippen molar-refractivity contribution in [1.29, 1.82) is 0 Å². The van der Waals surface area contributed by atoms with Gasteiger partial charge in [-0.1, -0.05) is 124 Å². The number of nitrogens with one attached hydrogen (secondary N) is 2. The van der Waals surface area contributed by atoms with Gasteiger partial charge in [0.15, 0.2) is 18.5 Å². The molecule has 1 atom stereocenters. The van der Waals surface area contributed by atoms with E-state index in [1.807, 2.05) is 80.6 Å². The summed E-state index contributed by atoms with van der Waals surface area (Å²) in [6.07, 6.45) is 13.8. The van der Waals surface area contributed by atoms with Gasteiger partial charge in [-0.3, -0.25) is 5.10 Å². The van der Waals surface area contributed by atoms with E-state index in [1.54, 1.807) is 10.6 Å². The van der Waals surface area contributed by atoms with Crippen molar-refractivity contribution < 1.29 is 18.9 Å². The Labute approximate surface area is 300 Å². The van der Waals surface area contributed by atoms with E-state index in [1.165, 1.54) is 57.8 Å². The van der Waals surface area contributed by atoms with E-state index < -0.39 is 6.23 Å². The normalized spacial score (nSPS) is 12.1. The standard InChI is InChI=1S/C39H49ClN6O4/c1-4-5-6-7-8-9-10-11-12-16-25-47-35-24-21-32(40)26-34(35)42-28-48-30(3)41-27-49-39-36(50-33-22-19-29(2)20-23-33)38-44-43-37(46(38)45-39)31-17-14-13-15-18-31/h13-15,17-24,26,28,30,41,45H,4-12,16,25,27H2,1-3H3. The van der Waals surface area contributed by atoms with Crippen molar-refractivity contribution in [2.75, 3.05) is 13.3 Å². The lowest BCUT2D eigenvalue weighted by molar-refractivity contribution is 0.135. The van der Waals surface area contributed by atoms with E-state index in [-0.39, 0.29) is 6.73 Å². The minimum absolute atomic E-state index is 0.113. The number of ether oxygens (including phenoxy) is 4. The van der Waals surface area contributed by atoms with Crippen LogP contribution in [-0.4, -0.2) is 45.8 Å². The second-order valence-electron chi connectivity index (χ2n) is 12.4. The zero-order valence-corrected chi connectivity index (χ0v) is 30.1. The van der Waals surface area contributed by atoms with Crippen LogP contribution < -0.4 is 19.5 Å². The Kier molecular flexibility index (Phi) is 14.4. The first-order valence-electron chi connectivity index (χ1n) is 17.8. The van der Waals surface area contributed by atoms with Gasteiger partial charge in [-0.2, -0.15) is 0 Å². The molecule has 0 bridgehead atoms. The number of hydrogen-bond acceptors (Lipinski definition) is 8. The summed E-state index contributed by atoms with van der Waals surface area (Å²) in [5, 5.41) is 15.8. The number of aromatic amines is 1. The summed E-state index contributed by atoms with van der Waals surface area (Å²) in [5.41, 5.74) is 3.15. The van der Waals surface area contributed by atoms with E-state index >= 15 is 0 Å². The maximum Gasteiger partial charge on any atom is 0.256 e. The predicted molar refractivity (Wildman–Crippen MR) is 200 cm³/mol. The van der Waals surface area contributed by atoms with Crippen molar-refractivity contribution in [1.82, 2.24) is 25.1 Å². The molecule has 3 aromatic carbocycles. The van der Waals surface area contributed by atoms with Crippen molar-refractivity contribution in [2.24, 2.45) is 4.99 Å². The molecule has 2 heterocycles. The lowest BCUT2D eigenvalue weighted by Gasteiger charge is -2.14. The lowest BCUT2D eigenvalue weighted by Crippen LogP contribution is -2.32. The minimum atomic E-state index is -0.420. The van der Waals surface area contributed by atoms with Crippen LogP contribution in [-0.2, 0) is 4.74 Å². The monoisotopic (exact) mass is 700 g/mol. The Morgan fingerprint density at radius 2 is 1.60 bits per heavy atom. The number of halogens is 1. The zero-order chi connectivity index (χ0) is 35.0. The maximum atomic E-state index is 6.27. The van der Waals surface area contributed by atoms with Crippen molar-refractivity contribution in [3.8, 4) is 34.5 Å². The van der Waals surface area contributed by atoms with E-state index in [2.05, 4.69) is 32.5 Å². The molecule has 1 unspecified atom stereocenters. The number of benzene rings is 3. The third-order valence-electron chi connectivity index (χ3n) is 8.28. The Balaban J connectivity index is 1.11. The molecule has 0 aliphatic rings. The van der Waals surface area contributed by atoms with Gasteiger partial charge in [-0.15, -0.1) is 10.2 Å². The van der Waals surface area contributed by atoms with Crippen molar-refractivity contribution in [2.45, 2.75) is 91.2 Å².